The molecule has 0 aromatic heterocycles. The lowest BCUT2D eigenvalue weighted by Gasteiger charge is -2.50. The zero-order chi connectivity index (χ0) is 7.69. The van der Waals surface area contributed by atoms with Crippen molar-refractivity contribution < 1.29 is 4.79 Å². The van der Waals surface area contributed by atoms with Crippen LogP contribution in [0.5, 0.6) is 0 Å². The van der Waals surface area contributed by atoms with Crippen molar-refractivity contribution in [3.63, 3.8) is 0 Å². The SMILES string of the molecule is CC12CC[C@@]13CC[C@H]2CC3=O. The predicted molar refractivity (Wildman–Crippen MR) is 42.1 cm³/mol. The second-order valence-corrected chi connectivity index (χ2v) is 4.86. The van der Waals surface area contributed by atoms with E-state index >= 15 is 0 Å². The summed E-state index contributed by atoms with van der Waals surface area (Å²) in [5.41, 5.74) is 0.668. The molecule has 1 unspecified atom stereocenters. The van der Waals surface area contributed by atoms with Crippen LogP contribution in [0.15, 0.2) is 0 Å². The Kier molecular flexibility index (Phi) is 0.799. The highest BCUT2D eigenvalue weighted by Gasteiger charge is 2.71. The lowest BCUT2D eigenvalue weighted by atomic mass is 9.53. The molecule has 3 fully saturated rings. The Morgan fingerprint density at radius 2 is 2.18 bits per heavy atom. The Morgan fingerprint density at radius 3 is 2.45 bits per heavy atom. The fourth-order valence-electron chi connectivity index (χ4n) is 3.91. The molecule has 3 atom stereocenters. The van der Waals surface area contributed by atoms with Crippen molar-refractivity contribution in [3.8, 4) is 0 Å². The molecule has 0 saturated heterocycles. The molecule has 3 aliphatic carbocycles. The lowest BCUT2D eigenvalue weighted by molar-refractivity contribution is -0.137. The first-order valence-corrected chi connectivity index (χ1v) is 4.72. The van der Waals surface area contributed by atoms with E-state index in [1.807, 2.05) is 0 Å². The van der Waals surface area contributed by atoms with Gasteiger partial charge in [-0.25, -0.2) is 0 Å². The molecular formula is C10H14O. The molecule has 0 aliphatic heterocycles. The van der Waals surface area contributed by atoms with Gasteiger partial charge in [0.25, 0.3) is 0 Å². The minimum Gasteiger partial charge on any atom is -0.299 e. The second kappa shape index (κ2) is 1.41. The van der Waals surface area contributed by atoms with Crippen molar-refractivity contribution in [2.45, 2.75) is 39.0 Å². The molecule has 0 radical (unpaired) electrons. The quantitative estimate of drug-likeness (QED) is 0.517. The van der Waals surface area contributed by atoms with Crippen LogP contribution in [0, 0.1) is 16.7 Å². The highest BCUT2D eigenvalue weighted by molar-refractivity contribution is 5.91. The molecule has 11 heavy (non-hydrogen) atoms. The van der Waals surface area contributed by atoms with E-state index in [2.05, 4.69) is 6.92 Å². The van der Waals surface area contributed by atoms with Gasteiger partial charge in [0, 0.05) is 11.8 Å². The Bertz CT molecular complexity index is 245. The van der Waals surface area contributed by atoms with Gasteiger partial charge in [0.1, 0.15) is 5.78 Å². The van der Waals surface area contributed by atoms with Gasteiger partial charge in [0.2, 0.25) is 0 Å². The first-order valence-electron chi connectivity index (χ1n) is 4.72. The minimum absolute atomic E-state index is 0.206. The number of rotatable bonds is 0. The van der Waals surface area contributed by atoms with E-state index in [1.165, 1.54) is 25.7 Å². The number of hydrogen-bond donors (Lipinski definition) is 0. The fourth-order valence-corrected chi connectivity index (χ4v) is 3.91. The summed E-state index contributed by atoms with van der Waals surface area (Å²) in [6.45, 7) is 2.35. The van der Waals surface area contributed by atoms with Crippen LogP contribution in [0.3, 0.4) is 0 Å². The average molecular weight is 150 g/mol. The maximum absolute atomic E-state index is 11.6. The van der Waals surface area contributed by atoms with Crippen molar-refractivity contribution in [2.24, 2.45) is 16.7 Å². The van der Waals surface area contributed by atoms with Gasteiger partial charge in [0.15, 0.2) is 0 Å². The number of hydrogen-bond acceptors (Lipinski definition) is 1. The number of ketones is 1. The van der Waals surface area contributed by atoms with Crippen LogP contribution in [0.4, 0.5) is 0 Å². The molecule has 0 aromatic carbocycles. The largest absolute Gasteiger partial charge is 0.299 e. The average Bonchev–Trinajstić information content (AvgIpc) is 2.22. The van der Waals surface area contributed by atoms with Crippen molar-refractivity contribution in [1.29, 1.82) is 0 Å². The third-order valence-electron chi connectivity index (χ3n) is 4.95. The molecule has 60 valence electrons. The van der Waals surface area contributed by atoms with Crippen LogP contribution >= 0.6 is 0 Å². The summed E-state index contributed by atoms with van der Waals surface area (Å²) in [7, 11) is 0. The maximum Gasteiger partial charge on any atom is 0.139 e. The molecule has 3 aliphatic rings. The molecule has 3 saturated carbocycles. The normalized spacial score (nSPS) is 59.4. The Morgan fingerprint density at radius 1 is 1.36 bits per heavy atom. The highest BCUT2D eigenvalue weighted by atomic mass is 16.1. The summed E-state index contributed by atoms with van der Waals surface area (Å²) in [4.78, 5) is 11.6. The molecular weight excluding hydrogens is 136 g/mol. The van der Waals surface area contributed by atoms with E-state index in [0.717, 1.165) is 12.3 Å². The van der Waals surface area contributed by atoms with Crippen LogP contribution in [0.1, 0.15) is 39.0 Å². The van der Waals surface area contributed by atoms with Gasteiger partial charge in [-0.1, -0.05) is 6.92 Å². The molecule has 0 amide bonds. The lowest BCUT2D eigenvalue weighted by Crippen LogP contribution is -2.47. The van der Waals surface area contributed by atoms with Crippen LogP contribution in [-0.2, 0) is 4.79 Å². The Labute approximate surface area is 67.2 Å². The zero-order valence-electron chi connectivity index (χ0n) is 7.02. The van der Waals surface area contributed by atoms with E-state index in [0.29, 0.717) is 11.2 Å². The first-order chi connectivity index (χ1) is 5.19. The molecule has 0 N–H and O–H groups in total. The van der Waals surface area contributed by atoms with E-state index < -0.39 is 0 Å². The number of Topliss-reactive ketones (excluding diaryl/α,β-unsaturated/α-hetero) is 1. The van der Waals surface area contributed by atoms with Crippen LogP contribution < -0.4 is 0 Å². The molecule has 1 nitrogen and oxygen atoms in total. The van der Waals surface area contributed by atoms with Gasteiger partial charge < -0.3 is 0 Å². The summed E-state index contributed by atoms with van der Waals surface area (Å²) < 4.78 is 0. The summed E-state index contributed by atoms with van der Waals surface area (Å²) in [6, 6.07) is 0. The number of carbonyl (C=O) groups is 1. The molecule has 2 bridgehead atoms. The van der Waals surface area contributed by atoms with Crippen LogP contribution in [0.25, 0.3) is 0 Å². The smallest absolute Gasteiger partial charge is 0.139 e. The van der Waals surface area contributed by atoms with Crippen molar-refractivity contribution in [3.05, 3.63) is 0 Å². The Balaban J connectivity index is 2.17. The van der Waals surface area contributed by atoms with Crippen LogP contribution in [0.2, 0.25) is 0 Å². The molecule has 0 heterocycles. The molecule has 3 rings (SSSR count). The predicted octanol–water partition coefficient (Wildman–Crippen LogP) is 2.16. The van der Waals surface area contributed by atoms with Gasteiger partial charge in [-0.3, -0.25) is 4.79 Å². The highest BCUT2D eigenvalue weighted by Crippen LogP contribution is 2.74. The maximum atomic E-state index is 11.6. The van der Waals surface area contributed by atoms with Crippen LogP contribution in [-0.4, -0.2) is 5.78 Å². The summed E-state index contributed by atoms with van der Waals surface area (Å²) in [5.74, 6) is 1.37. The van der Waals surface area contributed by atoms with Gasteiger partial charge in [-0.2, -0.15) is 0 Å². The summed E-state index contributed by atoms with van der Waals surface area (Å²) in [5, 5.41) is 0. The monoisotopic (exact) mass is 150 g/mol. The fraction of sp³-hybridized carbons (Fsp3) is 0.900. The standard InChI is InChI=1S/C10H14O/c1-9-4-5-10(9)3-2-7(9)6-8(10)11/h7H,2-6H2,1H3/t7-,9?,10+/m0/s1. The summed E-state index contributed by atoms with van der Waals surface area (Å²) in [6.07, 6.45) is 5.99. The van der Waals surface area contributed by atoms with Crippen molar-refractivity contribution in [1.82, 2.24) is 0 Å². The van der Waals surface area contributed by atoms with Gasteiger partial charge in [0.05, 0.1) is 0 Å². The molecule has 0 aromatic rings. The molecule has 0 spiro atoms. The Hall–Kier alpha value is -0.330. The summed E-state index contributed by atoms with van der Waals surface area (Å²) >= 11 is 0. The molecule has 1 heteroatoms. The first kappa shape index (κ1) is 6.22. The minimum atomic E-state index is 0.206. The van der Waals surface area contributed by atoms with Gasteiger partial charge in [-0.15, -0.1) is 0 Å². The van der Waals surface area contributed by atoms with Gasteiger partial charge in [-0.05, 0) is 37.0 Å². The zero-order valence-corrected chi connectivity index (χ0v) is 7.02. The van der Waals surface area contributed by atoms with Crippen molar-refractivity contribution in [2.75, 3.05) is 0 Å². The van der Waals surface area contributed by atoms with E-state index in [4.69, 9.17) is 0 Å². The second-order valence-electron chi connectivity index (χ2n) is 4.86. The van der Waals surface area contributed by atoms with E-state index in [1.54, 1.807) is 0 Å². The third kappa shape index (κ3) is 0.401. The van der Waals surface area contributed by atoms with Gasteiger partial charge >= 0.3 is 0 Å². The topological polar surface area (TPSA) is 17.1 Å². The van der Waals surface area contributed by atoms with E-state index in [-0.39, 0.29) is 5.41 Å². The third-order valence-corrected chi connectivity index (χ3v) is 4.95. The number of carbonyl (C=O) groups excluding carboxylic acids is 1. The van der Waals surface area contributed by atoms with E-state index in [9.17, 15) is 4.79 Å². The van der Waals surface area contributed by atoms with Crippen molar-refractivity contribution >= 4 is 5.78 Å².